The maximum Gasteiger partial charge on any atom is 0.251 e. The monoisotopic (exact) mass is 438 g/mol. The van der Waals surface area contributed by atoms with E-state index < -0.39 is 0 Å². The van der Waals surface area contributed by atoms with Crippen molar-refractivity contribution in [2.45, 2.75) is 56.6 Å². The van der Waals surface area contributed by atoms with Crippen molar-refractivity contribution < 1.29 is 9.53 Å². The van der Waals surface area contributed by atoms with Crippen molar-refractivity contribution in [3.8, 4) is 0 Å². The SMILES string of the molecule is Cc1cccc(C)c1C(N)=CC(=N)O[C@H]1CCCCC1NC(=O)c1cccc(SN)c1. The van der Waals surface area contributed by atoms with Gasteiger partial charge in [0.05, 0.1) is 6.04 Å². The molecule has 3 rings (SSSR count). The van der Waals surface area contributed by atoms with E-state index in [0.717, 1.165) is 59.2 Å². The van der Waals surface area contributed by atoms with E-state index in [9.17, 15) is 4.79 Å². The Labute approximate surface area is 188 Å². The molecule has 1 saturated carbocycles. The van der Waals surface area contributed by atoms with Gasteiger partial charge >= 0.3 is 0 Å². The molecule has 31 heavy (non-hydrogen) atoms. The molecule has 0 radical (unpaired) electrons. The Morgan fingerprint density at radius 3 is 2.55 bits per heavy atom. The Morgan fingerprint density at radius 1 is 1.16 bits per heavy atom. The van der Waals surface area contributed by atoms with Gasteiger partial charge in [0.2, 0.25) is 5.90 Å². The summed E-state index contributed by atoms with van der Waals surface area (Å²) in [5, 5.41) is 17.0. The highest BCUT2D eigenvalue weighted by molar-refractivity contribution is 7.97. The minimum Gasteiger partial charge on any atom is -0.472 e. The third kappa shape index (κ3) is 5.89. The molecular formula is C24H30N4O2S. The van der Waals surface area contributed by atoms with Crippen molar-refractivity contribution in [2.24, 2.45) is 10.9 Å². The first-order valence-electron chi connectivity index (χ1n) is 10.5. The number of carbonyl (C=O) groups excluding carboxylic acids is 1. The molecule has 164 valence electrons. The van der Waals surface area contributed by atoms with Crippen LogP contribution in [-0.4, -0.2) is 24.0 Å². The molecule has 7 heteroatoms. The number of rotatable bonds is 6. The van der Waals surface area contributed by atoms with Crippen LogP contribution in [0.5, 0.6) is 0 Å². The number of aryl methyl sites for hydroxylation is 2. The third-order valence-electron chi connectivity index (χ3n) is 5.59. The third-order valence-corrected chi connectivity index (χ3v) is 6.11. The van der Waals surface area contributed by atoms with Gasteiger partial charge in [-0.05, 0) is 74.4 Å². The van der Waals surface area contributed by atoms with Crippen LogP contribution < -0.4 is 16.2 Å². The van der Waals surface area contributed by atoms with Crippen LogP contribution in [0.3, 0.4) is 0 Å². The van der Waals surface area contributed by atoms with Gasteiger partial charge in [-0.15, -0.1) is 0 Å². The van der Waals surface area contributed by atoms with Gasteiger partial charge in [0, 0.05) is 27.8 Å². The molecule has 0 aromatic heterocycles. The second-order valence-corrected chi connectivity index (χ2v) is 8.60. The topological polar surface area (TPSA) is 114 Å². The number of benzene rings is 2. The highest BCUT2D eigenvalue weighted by Crippen LogP contribution is 2.24. The molecule has 1 unspecified atom stereocenters. The van der Waals surface area contributed by atoms with Crippen molar-refractivity contribution in [2.75, 3.05) is 0 Å². The molecule has 0 spiro atoms. The van der Waals surface area contributed by atoms with E-state index in [0.29, 0.717) is 11.3 Å². The van der Waals surface area contributed by atoms with Crippen LogP contribution in [0.15, 0.2) is 53.4 Å². The maximum absolute atomic E-state index is 12.7. The summed E-state index contributed by atoms with van der Waals surface area (Å²) < 4.78 is 5.95. The van der Waals surface area contributed by atoms with Crippen molar-refractivity contribution in [3.63, 3.8) is 0 Å². The summed E-state index contributed by atoms with van der Waals surface area (Å²) in [6.07, 6.45) is 4.90. The molecule has 6 nitrogen and oxygen atoms in total. The average molecular weight is 439 g/mol. The Balaban J connectivity index is 1.69. The summed E-state index contributed by atoms with van der Waals surface area (Å²) in [4.78, 5) is 13.6. The average Bonchev–Trinajstić information content (AvgIpc) is 2.75. The van der Waals surface area contributed by atoms with Crippen LogP contribution >= 0.6 is 11.9 Å². The zero-order valence-corrected chi connectivity index (χ0v) is 18.8. The van der Waals surface area contributed by atoms with Gasteiger partial charge in [-0.25, -0.2) is 0 Å². The fourth-order valence-electron chi connectivity index (χ4n) is 4.05. The quantitative estimate of drug-likeness (QED) is 0.305. The summed E-state index contributed by atoms with van der Waals surface area (Å²) in [6, 6.07) is 13.0. The minimum absolute atomic E-state index is 0.00725. The molecule has 2 aromatic carbocycles. The lowest BCUT2D eigenvalue weighted by atomic mass is 9.92. The predicted octanol–water partition coefficient (Wildman–Crippen LogP) is 4.30. The Kier molecular flexibility index (Phi) is 7.76. The van der Waals surface area contributed by atoms with Gasteiger partial charge in [-0.3, -0.25) is 15.3 Å². The zero-order chi connectivity index (χ0) is 22.4. The predicted molar refractivity (Wildman–Crippen MR) is 127 cm³/mol. The molecule has 0 bridgehead atoms. The molecule has 1 aliphatic carbocycles. The zero-order valence-electron chi connectivity index (χ0n) is 18.0. The lowest BCUT2D eigenvalue weighted by Crippen LogP contribution is -2.47. The molecule has 2 aromatic rings. The van der Waals surface area contributed by atoms with E-state index >= 15 is 0 Å². The van der Waals surface area contributed by atoms with E-state index in [4.69, 9.17) is 21.0 Å². The minimum atomic E-state index is -0.265. The van der Waals surface area contributed by atoms with Crippen molar-refractivity contribution >= 4 is 29.4 Å². The van der Waals surface area contributed by atoms with Crippen LogP contribution in [0.1, 0.15) is 52.7 Å². The Bertz CT molecular complexity index is 969. The van der Waals surface area contributed by atoms with Crippen molar-refractivity contribution in [3.05, 3.63) is 70.8 Å². The van der Waals surface area contributed by atoms with Crippen molar-refractivity contribution in [1.82, 2.24) is 5.32 Å². The fourth-order valence-corrected chi connectivity index (χ4v) is 4.40. The largest absolute Gasteiger partial charge is 0.472 e. The summed E-state index contributed by atoms with van der Waals surface area (Å²) >= 11 is 1.11. The van der Waals surface area contributed by atoms with Crippen LogP contribution in [0.25, 0.3) is 5.70 Å². The second kappa shape index (κ2) is 10.5. The van der Waals surface area contributed by atoms with E-state index in [-0.39, 0.29) is 24.0 Å². The highest BCUT2D eigenvalue weighted by atomic mass is 32.2. The first-order chi connectivity index (χ1) is 14.9. The van der Waals surface area contributed by atoms with Gasteiger partial charge in [0.25, 0.3) is 5.91 Å². The number of amides is 1. The van der Waals surface area contributed by atoms with Gasteiger partial charge in [0.15, 0.2) is 0 Å². The first-order valence-corrected chi connectivity index (χ1v) is 11.3. The molecule has 6 N–H and O–H groups in total. The first kappa shape index (κ1) is 22.9. The maximum atomic E-state index is 12.7. The summed E-state index contributed by atoms with van der Waals surface area (Å²) in [7, 11) is 0. The Morgan fingerprint density at radius 2 is 1.84 bits per heavy atom. The van der Waals surface area contributed by atoms with Crippen LogP contribution in [0.4, 0.5) is 0 Å². The van der Waals surface area contributed by atoms with Crippen LogP contribution in [0.2, 0.25) is 0 Å². The number of carbonyl (C=O) groups is 1. The van der Waals surface area contributed by atoms with Gasteiger partial charge in [-0.1, -0.05) is 30.7 Å². The fraction of sp³-hybridized carbons (Fsp3) is 0.333. The lowest BCUT2D eigenvalue weighted by Gasteiger charge is -2.32. The summed E-state index contributed by atoms with van der Waals surface area (Å²) in [5.74, 6) is -0.152. The number of nitrogens with one attached hydrogen (secondary N) is 2. The highest BCUT2D eigenvalue weighted by Gasteiger charge is 2.29. The molecule has 0 aliphatic heterocycles. The molecule has 1 fully saturated rings. The standard InChI is InChI=1S/C24H30N4O2S/c1-15-7-5-8-16(2)23(15)19(25)14-22(26)30-21-12-4-3-11-20(21)28-24(29)17-9-6-10-18(13-17)31-27/h5-10,13-14,20-21,26H,3-4,11-12,25,27H2,1-2H3,(H,28,29)/t20?,21-/m0/s1. The van der Waals surface area contributed by atoms with E-state index in [1.54, 1.807) is 18.2 Å². The summed E-state index contributed by atoms with van der Waals surface area (Å²) in [5.41, 5.74) is 10.4. The van der Waals surface area contributed by atoms with Crippen LogP contribution in [0, 0.1) is 19.3 Å². The van der Waals surface area contributed by atoms with Crippen LogP contribution in [-0.2, 0) is 4.74 Å². The van der Waals surface area contributed by atoms with Gasteiger partial charge in [-0.2, -0.15) is 0 Å². The van der Waals surface area contributed by atoms with E-state index in [1.165, 1.54) is 0 Å². The smallest absolute Gasteiger partial charge is 0.251 e. The number of hydrogen-bond acceptors (Lipinski definition) is 6. The molecule has 0 heterocycles. The molecular weight excluding hydrogens is 408 g/mol. The summed E-state index contributed by atoms with van der Waals surface area (Å²) in [6.45, 7) is 4.00. The molecule has 0 saturated heterocycles. The lowest BCUT2D eigenvalue weighted by molar-refractivity contribution is 0.0765. The normalized spacial score (nSPS) is 19.0. The van der Waals surface area contributed by atoms with Gasteiger partial charge in [0.1, 0.15) is 6.10 Å². The molecule has 2 atom stereocenters. The second-order valence-electron chi connectivity index (χ2n) is 7.90. The number of ether oxygens (including phenoxy) is 1. The number of nitrogens with two attached hydrogens (primary N) is 2. The Hall–Kier alpha value is -2.77. The van der Waals surface area contributed by atoms with E-state index in [2.05, 4.69) is 5.32 Å². The van der Waals surface area contributed by atoms with E-state index in [1.807, 2.05) is 44.2 Å². The molecule has 1 aliphatic rings. The molecule has 1 amide bonds. The van der Waals surface area contributed by atoms with Crippen molar-refractivity contribution in [1.29, 1.82) is 5.41 Å². The number of hydrogen-bond donors (Lipinski definition) is 4. The van der Waals surface area contributed by atoms with Gasteiger partial charge < -0.3 is 15.8 Å².